The van der Waals surface area contributed by atoms with Crippen LogP contribution >= 0.6 is 0 Å². The number of fused-ring (bicyclic) bond motifs is 1. The molecule has 6 heteroatoms. The molecule has 4 atom stereocenters. The third-order valence-corrected chi connectivity index (χ3v) is 5.35. The summed E-state index contributed by atoms with van der Waals surface area (Å²) in [6.45, 7) is 0.620. The molecule has 1 aliphatic heterocycles. The van der Waals surface area contributed by atoms with Crippen LogP contribution < -0.4 is 15.4 Å². The second kappa shape index (κ2) is 7.87. The number of carbonyl (C=O) groups is 2. The Morgan fingerprint density at radius 1 is 1.32 bits per heavy atom. The monoisotopic (exact) mass is 346 g/mol. The van der Waals surface area contributed by atoms with E-state index in [1.807, 2.05) is 6.07 Å². The zero-order valence-corrected chi connectivity index (χ0v) is 14.8. The molecule has 2 aliphatic rings. The first-order chi connectivity index (χ1) is 12.1. The number of ether oxygens (including phenoxy) is 2. The van der Waals surface area contributed by atoms with Crippen molar-refractivity contribution in [2.24, 2.45) is 11.8 Å². The van der Waals surface area contributed by atoms with Crippen LogP contribution in [0.15, 0.2) is 24.3 Å². The van der Waals surface area contributed by atoms with E-state index in [0.29, 0.717) is 30.3 Å². The Labute approximate surface area is 148 Å². The molecule has 2 N–H and O–H groups in total. The summed E-state index contributed by atoms with van der Waals surface area (Å²) in [5, 5.41) is 6.21. The average molecular weight is 346 g/mol. The minimum atomic E-state index is -0.0991. The summed E-state index contributed by atoms with van der Waals surface area (Å²) >= 11 is 0. The van der Waals surface area contributed by atoms with E-state index < -0.39 is 0 Å². The third-order valence-electron chi connectivity index (χ3n) is 5.35. The fourth-order valence-electron chi connectivity index (χ4n) is 4.14. The first-order valence-electron chi connectivity index (χ1n) is 8.84. The van der Waals surface area contributed by atoms with Crippen LogP contribution in [0.1, 0.15) is 36.0 Å². The largest absolute Gasteiger partial charge is 0.497 e. The van der Waals surface area contributed by atoms with Gasteiger partial charge in [0.2, 0.25) is 5.91 Å². The molecule has 136 valence electrons. The first-order valence-corrected chi connectivity index (χ1v) is 8.84. The van der Waals surface area contributed by atoms with Gasteiger partial charge in [0.05, 0.1) is 7.11 Å². The van der Waals surface area contributed by atoms with Gasteiger partial charge < -0.3 is 20.1 Å². The maximum Gasteiger partial charge on any atom is 0.251 e. The molecule has 2 amide bonds. The minimum Gasteiger partial charge on any atom is -0.497 e. The van der Waals surface area contributed by atoms with Crippen molar-refractivity contribution in [3.05, 3.63) is 29.8 Å². The number of carbonyl (C=O) groups excluding carboxylic acids is 2. The average Bonchev–Trinajstić information content (AvgIpc) is 2.61. The summed E-state index contributed by atoms with van der Waals surface area (Å²) in [5.74, 6) is 1.36. The van der Waals surface area contributed by atoms with Gasteiger partial charge in [-0.15, -0.1) is 0 Å². The molecule has 1 aromatic carbocycles. The molecule has 0 aromatic heterocycles. The van der Waals surface area contributed by atoms with Gasteiger partial charge in [-0.2, -0.15) is 0 Å². The van der Waals surface area contributed by atoms with Gasteiger partial charge in [0.15, 0.2) is 0 Å². The zero-order chi connectivity index (χ0) is 17.8. The summed E-state index contributed by atoms with van der Waals surface area (Å²) in [7, 11) is 3.27. The van der Waals surface area contributed by atoms with Crippen LogP contribution in [0.5, 0.6) is 5.75 Å². The van der Waals surface area contributed by atoms with Crippen LogP contribution in [-0.2, 0) is 9.53 Å². The fourth-order valence-corrected chi connectivity index (χ4v) is 4.14. The van der Waals surface area contributed by atoms with E-state index in [9.17, 15) is 9.59 Å². The fraction of sp³-hybridized carbons (Fsp3) is 0.579. The number of benzene rings is 1. The quantitative estimate of drug-likeness (QED) is 0.851. The second-order valence-electron chi connectivity index (χ2n) is 6.97. The SMILES string of the molecule is COCC1CC(=O)NC2CC(NC(=O)c3cccc(OC)c3)CCC12. The van der Waals surface area contributed by atoms with Gasteiger partial charge in [0.25, 0.3) is 5.91 Å². The van der Waals surface area contributed by atoms with Crippen LogP contribution in [0.25, 0.3) is 0 Å². The molecule has 0 radical (unpaired) electrons. The standard InChI is InChI=1S/C19H26N2O4/c1-24-11-13-9-18(22)21-17-10-14(6-7-16(13)17)20-19(23)12-4-3-5-15(8-12)25-2/h3-5,8,13-14,16-17H,6-7,9-11H2,1-2H3,(H,20,23)(H,21,22). The molecule has 0 spiro atoms. The summed E-state index contributed by atoms with van der Waals surface area (Å²) < 4.78 is 10.5. The van der Waals surface area contributed by atoms with Gasteiger partial charge in [-0.3, -0.25) is 9.59 Å². The second-order valence-corrected chi connectivity index (χ2v) is 6.97. The highest BCUT2D eigenvalue weighted by molar-refractivity contribution is 5.94. The maximum absolute atomic E-state index is 12.5. The minimum absolute atomic E-state index is 0.0709. The predicted octanol–water partition coefficient (Wildman–Crippen LogP) is 1.74. The van der Waals surface area contributed by atoms with Crippen LogP contribution in [0.4, 0.5) is 0 Å². The van der Waals surface area contributed by atoms with Crippen molar-refractivity contribution in [3.8, 4) is 5.75 Å². The normalized spacial score (nSPS) is 28.6. The van der Waals surface area contributed by atoms with Crippen molar-refractivity contribution >= 4 is 11.8 Å². The predicted molar refractivity (Wildman–Crippen MR) is 93.5 cm³/mol. The number of rotatable bonds is 5. The van der Waals surface area contributed by atoms with E-state index >= 15 is 0 Å². The number of nitrogens with one attached hydrogen (secondary N) is 2. The van der Waals surface area contributed by atoms with Crippen molar-refractivity contribution in [2.45, 2.75) is 37.8 Å². The van der Waals surface area contributed by atoms with Gasteiger partial charge in [-0.25, -0.2) is 0 Å². The molecule has 1 aliphatic carbocycles. The van der Waals surface area contributed by atoms with Crippen molar-refractivity contribution in [3.63, 3.8) is 0 Å². The highest BCUT2D eigenvalue weighted by Gasteiger charge is 2.40. The van der Waals surface area contributed by atoms with E-state index in [4.69, 9.17) is 9.47 Å². The Kier molecular flexibility index (Phi) is 5.58. The molecule has 4 unspecified atom stereocenters. The molecular weight excluding hydrogens is 320 g/mol. The number of piperidine rings is 1. The summed E-state index contributed by atoms with van der Waals surface area (Å²) in [4.78, 5) is 24.5. The van der Waals surface area contributed by atoms with Gasteiger partial charge in [-0.05, 0) is 49.3 Å². The Morgan fingerprint density at radius 2 is 2.16 bits per heavy atom. The third kappa shape index (κ3) is 4.12. The van der Waals surface area contributed by atoms with E-state index in [1.165, 1.54) is 0 Å². The van der Waals surface area contributed by atoms with Gasteiger partial charge in [-0.1, -0.05) is 6.07 Å². The Bertz CT molecular complexity index is 634. The van der Waals surface area contributed by atoms with Crippen molar-refractivity contribution in [1.82, 2.24) is 10.6 Å². The zero-order valence-electron chi connectivity index (χ0n) is 14.8. The molecule has 1 saturated carbocycles. The highest BCUT2D eigenvalue weighted by atomic mass is 16.5. The number of hydrogen-bond acceptors (Lipinski definition) is 4. The Balaban J connectivity index is 1.62. The van der Waals surface area contributed by atoms with E-state index in [2.05, 4.69) is 10.6 Å². The topological polar surface area (TPSA) is 76.7 Å². The summed E-state index contributed by atoms with van der Waals surface area (Å²) in [6, 6.07) is 7.32. The van der Waals surface area contributed by atoms with Crippen LogP contribution in [0, 0.1) is 11.8 Å². The maximum atomic E-state index is 12.5. The molecule has 25 heavy (non-hydrogen) atoms. The van der Waals surface area contributed by atoms with E-state index in [0.717, 1.165) is 19.3 Å². The van der Waals surface area contributed by atoms with Crippen molar-refractivity contribution in [2.75, 3.05) is 20.8 Å². The molecular formula is C19H26N2O4. The molecule has 6 nitrogen and oxygen atoms in total. The Morgan fingerprint density at radius 3 is 2.92 bits per heavy atom. The molecule has 1 saturated heterocycles. The number of methoxy groups -OCH3 is 2. The smallest absolute Gasteiger partial charge is 0.251 e. The number of hydrogen-bond donors (Lipinski definition) is 2. The van der Waals surface area contributed by atoms with E-state index in [1.54, 1.807) is 32.4 Å². The van der Waals surface area contributed by atoms with Crippen LogP contribution in [0.3, 0.4) is 0 Å². The lowest BCUT2D eigenvalue weighted by Gasteiger charge is -2.43. The lowest BCUT2D eigenvalue weighted by atomic mass is 9.71. The molecule has 1 heterocycles. The number of amides is 2. The molecule has 0 bridgehead atoms. The van der Waals surface area contributed by atoms with Gasteiger partial charge >= 0.3 is 0 Å². The van der Waals surface area contributed by atoms with Crippen LogP contribution in [0.2, 0.25) is 0 Å². The molecule has 1 aromatic rings. The summed E-state index contributed by atoms with van der Waals surface area (Å²) in [6.07, 6.45) is 3.22. The highest BCUT2D eigenvalue weighted by Crippen LogP contribution is 2.35. The van der Waals surface area contributed by atoms with Crippen molar-refractivity contribution in [1.29, 1.82) is 0 Å². The van der Waals surface area contributed by atoms with Crippen molar-refractivity contribution < 1.29 is 19.1 Å². The lowest BCUT2D eigenvalue weighted by Crippen LogP contribution is -2.56. The summed E-state index contributed by atoms with van der Waals surface area (Å²) in [5.41, 5.74) is 0.589. The molecule has 3 rings (SSSR count). The van der Waals surface area contributed by atoms with Gasteiger partial charge in [0, 0.05) is 37.8 Å². The van der Waals surface area contributed by atoms with E-state index in [-0.39, 0.29) is 29.8 Å². The van der Waals surface area contributed by atoms with Crippen LogP contribution in [-0.4, -0.2) is 44.7 Å². The Hall–Kier alpha value is -2.08. The first kappa shape index (κ1) is 17.7. The lowest BCUT2D eigenvalue weighted by molar-refractivity contribution is -0.128. The van der Waals surface area contributed by atoms with Gasteiger partial charge in [0.1, 0.15) is 5.75 Å². The molecule has 2 fully saturated rings.